The van der Waals surface area contributed by atoms with Crippen LogP contribution in [0, 0.1) is 6.92 Å². The van der Waals surface area contributed by atoms with Crippen molar-refractivity contribution in [1.82, 2.24) is 9.80 Å². The summed E-state index contributed by atoms with van der Waals surface area (Å²) in [7, 11) is 2.80. The van der Waals surface area contributed by atoms with E-state index in [-0.39, 0.29) is 30.3 Å². The number of amides is 2. The molecule has 0 N–H and O–H groups in total. The van der Waals surface area contributed by atoms with E-state index >= 15 is 0 Å². The number of methoxy groups -OCH3 is 2. The molecule has 2 fully saturated rings. The second kappa shape index (κ2) is 11.0. The molecule has 216 valence electrons. The van der Waals surface area contributed by atoms with Crippen LogP contribution in [0.2, 0.25) is 0 Å². The number of halogens is 3. The summed E-state index contributed by atoms with van der Waals surface area (Å²) in [6.45, 7) is 3.13. The monoisotopic (exact) mass is 568 g/mol. The van der Waals surface area contributed by atoms with E-state index in [9.17, 15) is 22.8 Å². The Bertz CT molecular complexity index is 1450. The number of benzene rings is 3. The molecule has 3 aromatic rings. The maximum absolute atomic E-state index is 13.9. The van der Waals surface area contributed by atoms with Crippen molar-refractivity contribution in [3.8, 4) is 17.2 Å². The van der Waals surface area contributed by atoms with Crippen molar-refractivity contribution >= 4 is 11.8 Å². The fourth-order valence-electron chi connectivity index (χ4n) is 5.62. The molecule has 0 radical (unpaired) electrons. The molecular formula is C31H31F3N2O5. The van der Waals surface area contributed by atoms with Gasteiger partial charge in [0.15, 0.2) is 11.5 Å². The molecule has 2 amide bonds. The minimum atomic E-state index is -4.62. The molecule has 0 aromatic heterocycles. The number of rotatable bonds is 7. The van der Waals surface area contributed by atoms with E-state index in [1.807, 2.05) is 37.3 Å². The lowest BCUT2D eigenvalue weighted by molar-refractivity contribution is -0.137. The number of carbonyl (C=O) groups excluding carboxylic acids is 2. The predicted molar refractivity (Wildman–Crippen MR) is 145 cm³/mol. The van der Waals surface area contributed by atoms with Crippen LogP contribution >= 0.6 is 0 Å². The second-order valence-corrected chi connectivity index (χ2v) is 10.5. The zero-order valence-corrected chi connectivity index (χ0v) is 23.1. The van der Waals surface area contributed by atoms with Crippen molar-refractivity contribution in [2.75, 3.05) is 33.9 Å². The van der Waals surface area contributed by atoms with Gasteiger partial charge in [-0.05, 0) is 61.2 Å². The van der Waals surface area contributed by atoms with E-state index in [0.717, 1.165) is 29.7 Å². The van der Waals surface area contributed by atoms with Gasteiger partial charge in [-0.2, -0.15) is 13.2 Å². The number of carbonyl (C=O) groups is 2. The summed E-state index contributed by atoms with van der Waals surface area (Å²) >= 11 is 0. The number of aryl methyl sites for hydroxylation is 1. The van der Waals surface area contributed by atoms with E-state index in [2.05, 4.69) is 0 Å². The summed E-state index contributed by atoms with van der Waals surface area (Å²) in [6, 6.07) is 16.1. The van der Waals surface area contributed by atoms with Crippen molar-refractivity contribution < 1.29 is 37.0 Å². The van der Waals surface area contributed by atoms with Crippen LogP contribution in [0.15, 0.2) is 60.7 Å². The Morgan fingerprint density at radius 1 is 0.927 bits per heavy atom. The van der Waals surface area contributed by atoms with Crippen LogP contribution in [-0.2, 0) is 12.8 Å². The zero-order chi connectivity index (χ0) is 29.4. The average molecular weight is 569 g/mol. The van der Waals surface area contributed by atoms with Crippen LogP contribution in [0.1, 0.15) is 50.2 Å². The SMILES string of the molecule is COc1cc(C(=O)N2CC3(CCCN3C(=O)c3cc(OCc4ccccc4)c(OC)cc3C)C2)cc(C(F)(F)F)c1. The van der Waals surface area contributed by atoms with Crippen LogP contribution in [0.3, 0.4) is 0 Å². The van der Waals surface area contributed by atoms with Crippen LogP contribution in [0.4, 0.5) is 13.2 Å². The minimum Gasteiger partial charge on any atom is -0.497 e. The van der Waals surface area contributed by atoms with Gasteiger partial charge in [-0.3, -0.25) is 9.59 Å². The number of ether oxygens (including phenoxy) is 3. The Morgan fingerprint density at radius 3 is 2.32 bits per heavy atom. The molecule has 7 nitrogen and oxygen atoms in total. The normalized spacial score (nSPS) is 16.0. The summed E-state index contributed by atoms with van der Waals surface area (Å²) in [5.41, 5.74) is 0.545. The maximum Gasteiger partial charge on any atom is 0.416 e. The van der Waals surface area contributed by atoms with Crippen LogP contribution in [0.5, 0.6) is 17.2 Å². The number of likely N-dealkylation sites (tertiary alicyclic amines) is 2. The van der Waals surface area contributed by atoms with E-state index < -0.39 is 23.2 Å². The number of alkyl halides is 3. The quantitative estimate of drug-likeness (QED) is 0.364. The molecule has 2 saturated heterocycles. The van der Waals surface area contributed by atoms with Crippen molar-refractivity contribution in [2.45, 2.75) is 38.1 Å². The first-order valence-corrected chi connectivity index (χ1v) is 13.3. The van der Waals surface area contributed by atoms with Gasteiger partial charge in [-0.15, -0.1) is 0 Å². The van der Waals surface area contributed by atoms with Crippen LogP contribution in [-0.4, -0.2) is 61.0 Å². The first-order chi connectivity index (χ1) is 19.5. The van der Waals surface area contributed by atoms with Gasteiger partial charge in [0.2, 0.25) is 0 Å². The summed E-state index contributed by atoms with van der Waals surface area (Å²) < 4.78 is 56.7. The molecule has 41 heavy (non-hydrogen) atoms. The fourth-order valence-corrected chi connectivity index (χ4v) is 5.62. The summed E-state index contributed by atoms with van der Waals surface area (Å²) in [4.78, 5) is 30.3. The van der Waals surface area contributed by atoms with Gasteiger partial charge < -0.3 is 24.0 Å². The highest BCUT2D eigenvalue weighted by atomic mass is 19.4. The molecule has 0 unspecified atom stereocenters. The highest BCUT2D eigenvalue weighted by Crippen LogP contribution is 2.41. The third-order valence-electron chi connectivity index (χ3n) is 7.79. The van der Waals surface area contributed by atoms with Crippen molar-refractivity contribution in [2.24, 2.45) is 0 Å². The summed E-state index contributed by atoms with van der Waals surface area (Å²) in [5.74, 6) is 0.207. The smallest absolute Gasteiger partial charge is 0.416 e. The van der Waals surface area contributed by atoms with Gasteiger partial charge in [0.1, 0.15) is 12.4 Å². The molecule has 10 heteroatoms. The standard InChI is InChI=1S/C31H31F3N2O5/c1-20-12-26(40-3)27(41-17-21-8-5-4-6-9-21)16-25(20)29(38)36-11-7-10-30(36)18-35(19-30)28(37)22-13-23(31(32,33)34)15-24(14-22)39-2/h4-6,8-9,12-16H,7,10-11,17-19H2,1-3H3. The highest BCUT2D eigenvalue weighted by molar-refractivity contribution is 5.98. The Hall–Kier alpha value is -4.21. The highest BCUT2D eigenvalue weighted by Gasteiger charge is 2.54. The molecule has 2 aliphatic rings. The van der Waals surface area contributed by atoms with Crippen molar-refractivity contribution in [3.63, 3.8) is 0 Å². The molecule has 0 bridgehead atoms. The van der Waals surface area contributed by atoms with Gasteiger partial charge in [-0.1, -0.05) is 30.3 Å². The van der Waals surface area contributed by atoms with E-state index in [1.165, 1.54) is 18.1 Å². The van der Waals surface area contributed by atoms with Gasteiger partial charge in [0.05, 0.1) is 25.3 Å². The molecule has 2 aliphatic heterocycles. The third-order valence-corrected chi connectivity index (χ3v) is 7.79. The van der Waals surface area contributed by atoms with E-state index in [4.69, 9.17) is 14.2 Å². The molecular weight excluding hydrogens is 537 g/mol. The molecule has 2 heterocycles. The average Bonchev–Trinajstić information content (AvgIpc) is 3.40. The van der Waals surface area contributed by atoms with Crippen LogP contribution < -0.4 is 14.2 Å². The molecule has 0 saturated carbocycles. The Kier molecular flexibility index (Phi) is 7.59. The van der Waals surface area contributed by atoms with Gasteiger partial charge in [0, 0.05) is 30.8 Å². The topological polar surface area (TPSA) is 68.3 Å². The lowest BCUT2D eigenvalue weighted by Gasteiger charge is -2.52. The zero-order valence-electron chi connectivity index (χ0n) is 23.1. The number of hydrogen-bond acceptors (Lipinski definition) is 5. The maximum atomic E-state index is 13.9. The largest absolute Gasteiger partial charge is 0.497 e. The van der Waals surface area contributed by atoms with Gasteiger partial charge in [0.25, 0.3) is 11.8 Å². The van der Waals surface area contributed by atoms with Crippen molar-refractivity contribution in [3.05, 3.63) is 88.5 Å². The first-order valence-electron chi connectivity index (χ1n) is 13.3. The molecule has 0 aliphatic carbocycles. The molecule has 1 spiro atoms. The predicted octanol–water partition coefficient (Wildman–Crippen LogP) is 5.74. The van der Waals surface area contributed by atoms with E-state index in [0.29, 0.717) is 36.6 Å². The number of hydrogen-bond donors (Lipinski definition) is 0. The van der Waals surface area contributed by atoms with Crippen molar-refractivity contribution in [1.29, 1.82) is 0 Å². The number of nitrogens with zero attached hydrogens (tertiary/aromatic N) is 2. The molecule has 0 atom stereocenters. The Balaban J connectivity index is 1.34. The Morgan fingerprint density at radius 2 is 1.66 bits per heavy atom. The lowest BCUT2D eigenvalue weighted by Crippen LogP contribution is -2.69. The van der Waals surface area contributed by atoms with Gasteiger partial charge >= 0.3 is 6.18 Å². The summed E-state index contributed by atoms with van der Waals surface area (Å²) in [5, 5.41) is 0. The van der Waals surface area contributed by atoms with Gasteiger partial charge in [-0.25, -0.2) is 0 Å². The Labute approximate surface area is 236 Å². The summed E-state index contributed by atoms with van der Waals surface area (Å²) in [6.07, 6.45) is -3.16. The van der Waals surface area contributed by atoms with Crippen LogP contribution in [0.25, 0.3) is 0 Å². The van der Waals surface area contributed by atoms with E-state index in [1.54, 1.807) is 24.1 Å². The third kappa shape index (κ3) is 5.55. The molecule has 5 rings (SSSR count). The fraction of sp³-hybridized carbons (Fsp3) is 0.355. The minimum absolute atomic E-state index is 0.0450. The first kappa shape index (κ1) is 28.3. The lowest BCUT2D eigenvalue weighted by atomic mass is 9.85. The molecule has 3 aromatic carbocycles. The second-order valence-electron chi connectivity index (χ2n) is 10.5.